The Labute approximate surface area is 259 Å². The van der Waals surface area contributed by atoms with Gasteiger partial charge in [0.05, 0.1) is 18.2 Å². The molecule has 45 heavy (non-hydrogen) atoms. The van der Waals surface area contributed by atoms with E-state index in [4.69, 9.17) is 25.8 Å². The van der Waals surface area contributed by atoms with Crippen LogP contribution in [0.3, 0.4) is 0 Å². The number of ether oxygens (including phenoxy) is 4. The van der Waals surface area contributed by atoms with Crippen molar-refractivity contribution in [1.82, 2.24) is 0 Å². The Hall–Kier alpha value is -3.64. The summed E-state index contributed by atoms with van der Waals surface area (Å²) in [5.74, 6) is -6.98. The molecule has 0 atom stereocenters. The molecule has 0 unspecified atom stereocenters. The van der Waals surface area contributed by atoms with E-state index in [1.165, 1.54) is 24.3 Å². The van der Waals surface area contributed by atoms with Crippen molar-refractivity contribution in [3.63, 3.8) is 0 Å². The quantitative estimate of drug-likeness (QED) is 0.126. The predicted molar refractivity (Wildman–Crippen MR) is 152 cm³/mol. The molecule has 0 bridgehead atoms. The maximum atomic E-state index is 15.1. The summed E-state index contributed by atoms with van der Waals surface area (Å²) >= 11 is 5.63. The van der Waals surface area contributed by atoms with E-state index >= 15 is 13.2 Å². The number of unbranched alkanes of at least 4 members (excludes halogenated alkanes) is 1. The average Bonchev–Trinajstić information content (AvgIpc) is 2.98. The van der Waals surface area contributed by atoms with Crippen molar-refractivity contribution in [3.05, 3.63) is 112 Å². The summed E-state index contributed by atoms with van der Waals surface area (Å²) in [5.41, 5.74) is -2.15. The third-order valence-corrected chi connectivity index (χ3v) is 7.35. The first-order valence-corrected chi connectivity index (χ1v) is 14.3. The maximum absolute atomic E-state index is 15.1. The van der Waals surface area contributed by atoms with E-state index in [-0.39, 0.29) is 46.6 Å². The Morgan fingerprint density at radius 1 is 0.756 bits per heavy atom. The Bertz CT molecular complexity index is 1650. The molecule has 4 aromatic carbocycles. The van der Waals surface area contributed by atoms with E-state index in [0.717, 1.165) is 37.1 Å². The predicted octanol–water partition coefficient (Wildman–Crippen LogP) is 9.73. The van der Waals surface area contributed by atoms with Crippen LogP contribution in [-0.2, 0) is 20.3 Å². The number of rotatable bonds is 10. The summed E-state index contributed by atoms with van der Waals surface area (Å²) < 4.78 is 125. The van der Waals surface area contributed by atoms with Crippen LogP contribution < -0.4 is 4.74 Å². The van der Waals surface area contributed by atoms with Gasteiger partial charge in [0.15, 0.2) is 6.29 Å². The van der Waals surface area contributed by atoms with Gasteiger partial charge in [0.25, 0.3) is 0 Å². The monoisotopic (exact) mass is 654 g/mol. The molecular weight excluding hydrogens is 629 g/mol. The Morgan fingerprint density at radius 2 is 1.38 bits per heavy atom. The van der Waals surface area contributed by atoms with E-state index in [9.17, 15) is 17.6 Å². The van der Waals surface area contributed by atoms with E-state index in [2.05, 4.69) is 4.74 Å². The normalized spacial score (nSPS) is 17.0. The molecule has 1 heterocycles. The van der Waals surface area contributed by atoms with Gasteiger partial charge in [0.1, 0.15) is 46.5 Å². The van der Waals surface area contributed by atoms with Crippen molar-refractivity contribution in [2.75, 3.05) is 19.8 Å². The first-order valence-electron chi connectivity index (χ1n) is 13.9. The first-order chi connectivity index (χ1) is 21.5. The van der Waals surface area contributed by atoms with Gasteiger partial charge in [-0.05, 0) is 60.0 Å². The molecule has 12 heteroatoms. The molecule has 1 aliphatic rings. The van der Waals surface area contributed by atoms with Crippen LogP contribution in [-0.4, -0.2) is 25.9 Å². The summed E-state index contributed by atoms with van der Waals surface area (Å²) in [6.45, 7) is 3.05. The van der Waals surface area contributed by atoms with Crippen LogP contribution in [0.5, 0.6) is 5.75 Å². The van der Waals surface area contributed by atoms with Gasteiger partial charge < -0.3 is 18.9 Å². The molecule has 0 aliphatic carbocycles. The molecule has 0 saturated carbocycles. The van der Waals surface area contributed by atoms with Crippen molar-refractivity contribution in [1.29, 1.82) is 0 Å². The van der Waals surface area contributed by atoms with E-state index in [1.54, 1.807) is 0 Å². The lowest BCUT2D eigenvalue weighted by Gasteiger charge is -2.29. The van der Waals surface area contributed by atoms with Gasteiger partial charge in [-0.2, -0.15) is 8.78 Å². The highest BCUT2D eigenvalue weighted by molar-refractivity contribution is 6.30. The minimum atomic E-state index is -4.59. The fourth-order valence-electron chi connectivity index (χ4n) is 4.74. The summed E-state index contributed by atoms with van der Waals surface area (Å²) in [6.07, 6.45) is -3.88. The number of alkyl halides is 2. The Morgan fingerprint density at radius 3 is 2.00 bits per heavy atom. The van der Waals surface area contributed by atoms with Crippen LogP contribution in [0.1, 0.15) is 37.2 Å². The van der Waals surface area contributed by atoms with Crippen LogP contribution in [0.25, 0.3) is 22.3 Å². The summed E-state index contributed by atoms with van der Waals surface area (Å²) in [7, 11) is 0. The molecule has 238 valence electrons. The molecule has 4 aromatic rings. The summed E-state index contributed by atoms with van der Waals surface area (Å²) in [5, 5.41) is -0.195. The molecule has 1 aliphatic heterocycles. The van der Waals surface area contributed by atoms with E-state index in [1.807, 2.05) is 6.92 Å². The lowest BCUT2D eigenvalue weighted by molar-refractivity contribution is -0.230. The molecule has 0 amide bonds. The van der Waals surface area contributed by atoms with Gasteiger partial charge >= 0.3 is 6.11 Å². The van der Waals surface area contributed by atoms with Crippen LogP contribution in [0.15, 0.2) is 66.7 Å². The largest absolute Gasteiger partial charge is 0.432 e. The summed E-state index contributed by atoms with van der Waals surface area (Å²) in [4.78, 5) is 0. The zero-order valence-corrected chi connectivity index (χ0v) is 24.5. The van der Waals surface area contributed by atoms with Gasteiger partial charge in [0.2, 0.25) is 0 Å². The molecule has 1 saturated heterocycles. The number of benzene rings is 4. The smallest absolute Gasteiger partial charge is 0.429 e. The van der Waals surface area contributed by atoms with Crippen LogP contribution in [0.4, 0.5) is 30.7 Å². The fourth-order valence-corrected chi connectivity index (χ4v) is 4.86. The average molecular weight is 655 g/mol. The van der Waals surface area contributed by atoms with Crippen LogP contribution in [0, 0.1) is 29.1 Å². The highest BCUT2D eigenvalue weighted by Crippen LogP contribution is 2.39. The topological polar surface area (TPSA) is 36.9 Å². The zero-order valence-electron chi connectivity index (χ0n) is 23.7. The molecule has 1 fully saturated rings. The SMILES string of the molecule is CCCCOC1COC(c2ccc(-c3cc(F)c(C(F)(F)Oc4ccc(-c5ccc(Cl)c(F)c5)c(F)c4)c(F)c3)c(F)c2)OC1. The number of halogens is 8. The number of hydrogen-bond donors (Lipinski definition) is 0. The standard InChI is InChI=1S/C33H26ClF7O4/c1-2-3-10-42-22-16-43-32(44-17-22)19-4-7-24(26(35)12-19)20-13-29(38)31(30(39)14-20)33(40,41)45-21-6-8-23(27(36)15-21)18-5-9-25(34)28(37)11-18/h4-9,11-15,22,32H,2-3,10,16-17H2,1H3. The molecule has 0 aromatic heterocycles. The van der Waals surface area contributed by atoms with Crippen molar-refractivity contribution < 1.29 is 49.7 Å². The van der Waals surface area contributed by atoms with Gasteiger partial charge in [-0.3, -0.25) is 0 Å². The van der Waals surface area contributed by atoms with Crippen LogP contribution >= 0.6 is 11.6 Å². The number of hydrogen-bond acceptors (Lipinski definition) is 4. The molecule has 0 radical (unpaired) electrons. The van der Waals surface area contributed by atoms with Crippen molar-refractivity contribution >= 4 is 11.6 Å². The van der Waals surface area contributed by atoms with Gasteiger partial charge in [-0.25, -0.2) is 22.0 Å². The van der Waals surface area contributed by atoms with Gasteiger partial charge in [-0.1, -0.05) is 43.1 Å². The Balaban J connectivity index is 1.31. The Kier molecular flexibility index (Phi) is 10.0. The fraction of sp³-hybridized carbons (Fsp3) is 0.273. The van der Waals surface area contributed by atoms with E-state index in [0.29, 0.717) is 30.4 Å². The molecule has 0 spiro atoms. The molecule has 4 nitrogen and oxygen atoms in total. The minimum absolute atomic E-state index is 0.0699. The second-order valence-electron chi connectivity index (χ2n) is 10.3. The van der Waals surface area contributed by atoms with Gasteiger partial charge in [0, 0.05) is 29.4 Å². The van der Waals surface area contributed by atoms with Gasteiger partial charge in [-0.15, -0.1) is 0 Å². The third-order valence-electron chi connectivity index (χ3n) is 7.05. The molecular formula is C33H26ClF7O4. The van der Waals surface area contributed by atoms with Crippen molar-refractivity contribution in [3.8, 4) is 28.0 Å². The lowest BCUT2D eigenvalue weighted by Crippen LogP contribution is -2.33. The highest BCUT2D eigenvalue weighted by Gasteiger charge is 2.41. The zero-order chi connectivity index (χ0) is 32.3. The third kappa shape index (κ3) is 7.44. The second-order valence-corrected chi connectivity index (χ2v) is 10.7. The van der Waals surface area contributed by atoms with Crippen LogP contribution in [0.2, 0.25) is 5.02 Å². The van der Waals surface area contributed by atoms with Crippen molar-refractivity contribution in [2.45, 2.75) is 38.3 Å². The summed E-state index contributed by atoms with van der Waals surface area (Å²) in [6, 6.07) is 10.8. The molecule has 5 rings (SSSR count). The first kappa shape index (κ1) is 32.7. The molecule has 0 N–H and O–H groups in total. The van der Waals surface area contributed by atoms with E-state index < -0.39 is 52.8 Å². The highest BCUT2D eigenvalue weighted by atomic mass is 35.5. The maximum Gasteiger partial charge on any atom is 0.432 e. The minimum Gasteiger partial charge on any atom is -0.429 e. The second kappa shape index (κ2) is 13.8. The van der Waals surface area contributed by atoms with Crippen molar-refractivity contribution in [2.24, 2.45) is 0 Å². The lowest BCUT2D eigenvalue weighted by atomic mass is 10.00.